The molecule has 0 aromatic heterocycles. The van der Waals surface area contributed by atoms with Crippen LogP contribution in [0, 0.1) is 11.8 Å². The molecule has 2 aliphatic rings. The normalized spacial score (nSPS) is 35.2. The third kappa shape index (κ3) is 3.15. The van der Waals surface area contributed by atoms with Gasteiger partial charge in [-0.15, -0.1) is 0 Å². The Hall–Kier alpha value is -1.36. The van der Waals surface area contributed by atoms with Gasteiger partial charge in [0.15, 0.2) is 0 Å². The lowest BCUT2D eigenvalue weighted by Gasteiger charge is -2.39. The van der Waals surface area contributed by atoms with Crippen LogP contribution in [0.4, 0.5) is 0 Å². The van der Waals surface area contributed by atoms with Crippen LogP contribution in [0.5, 0.6) is 0 Å². The molecule has 5 nitrogen and oxygen atoms in total. The van der Waals surface area contributed by atoms with E-state index in [2.05, 4.69) is 0 Å². The highest BCUT2D eigenvalue weighted by Gasteiger charge is 2.39. The van der Waals surface area contributed by atoms with E-state index < -0.39 is 23.4 Å². The predicted molar refractivity (Wildman–Crippen MR) is 69.4 cm³/mol. The van der Waals surface area contributed by atoms with Crippen LogP contribution < -0.4 is 0 Å². The molecule has 2 N–H and O–H groups in total. The minimum Gasteiger partial charge on any atom is -0.481 e. The summed E-state index contributed by atoms with van der Waals surface area (Å²) in [5.41, 5.74) is -0.850. The number of rotatable bonds is 2. The smallest absolute Gasteiger partial charge is 0.307 e. The lowest BCUT2D eigenvalue weighted by molar-refractivity contribution is -0.153. The Balaban J connectivity index is 2.09. The fourth-order valence-corrected chi connectivity index (χ4v) is 3.00. The van der Waals surface area contributed by atoms with Gasteiger partial charge < -0.3 is 15.1 Å². The number of amides is 1. The van der Waals surface area contributed by atoms with Crippen molar-refractivity contribution in [1.82, 2.24) is 4.90 Å². The first-order valence-corrected chi connectivity index (χ1v) is 6.80. The van der Waals surface area contributed by atoms with Crippen LogP contribution in [0.25, 0.3) is 0 Å². The second-order valence-corrected chi connectivity index (χ2v) is 5.85. The minimum absolute atomic E-state index is 0.128. The summed E-state index contributed by atoms with van der Waals surface area (Å²) in [5.74, 6) is -2.16. The number of aliphatic carboxylic acids is 1. The van der Waals surface area contributed by atoms with Gasteiger partial charge in [0.25, 0.3) is 0 Å². The maximum atomic E-state index is 12.5. The highest BCUT2D eigenvalue weighted by molar-refractivity contribution is 5.85. The first kappa shape index (κ1) is 14.1. The zero-order valence-corrected chi connectivity index (χ0v) is 11.2. The molecule has 0 aromatic carbocycles. The van der Waals surface area contributed by atoms with Crippen molar-refractivity contribution in [2.45, 2.75) is 38.2 Å². The molecule has 0 saturated carbocycles. The fraction of sp³-hybridized carbons (Fsp3) is 0.714. The van der Waals surface area contributed by atoms with E-state index in [1.165, 1.54) is 0 Å². The molecule has 0 radical (unpaired) electrons. The molecule has 1 unspecified atom stereocenters. The van der Waals surface area contributed by atoms with Gasteiger partial charge in [0.05, 0.1) is 17.4 Å². The van der Waals surface area contributed by atoms with E-state index in [-0.39, 0.29) is 5.91 Å². The van der Waals surface area contributed by atoms with Gasteiger partial charge in [-0.1, -0.05) is 12.2 Å². The van der Waals surface area contributed by atoms with Crippen molar-refractivity contribution >= 4 is 11.9 Å². The summed E-state index contributed by atoms with van der Waals surface area (Å²) >= 11 is 0. The summed E-state index contributed by atoms with van der Waals surface area (Å²) in [6.07, 6.45) is 6.05. The summed E-state index contributed by atoms with van der Waals surface area (Å²) < 4.78 is 0. The van der Waals surface area contributed by atoms with Crippen molar-refractivity contribution in [2.75, 3.05) is 13.1 Å². The number of carboxylic acid groups (broad SMARTS) is 1. The zero-order valence-electron chi connectivity index (χ0n) is 11.2. The highest BCUT2D eigenvalue weighted by Crippen LogP contribution is 2.30. The van der Waals surface area contributed by atoms with E-state index in [1.807, 2.05) is 12.2 Å². The van der Waals surface area contributed by atoms with Crippen LogP contribution in [-0.2, 0) is 9.59 Å². The number of carboxylic acids is 1. The van der Waals surface area contributed by atoms with E-state index in [0.717, 1.165) is 6.42 Å². The van der Waals surface area contributed by atoms with E-state index in [4.69, 9.17) is 0 Å². The van der Waals surface area contributed by atoms with Crippen LogP contribution >= 0.6 is 0 Å². The Bertz CT molecular complexity index is 402. The van der Waals surface area contributed by atoms with Gasteiger partial charge in [0.2, 0.25) is 5.91 Å². The van der Waals surface area contributed by atoms with Crippen molar-refractivity contribution < 1.29 is 19.8 Å². The number of nitrogens with zero attached hydrogens (tertiary/aromatic N) is 1. The third-order valence-electron chi connectivity index (χ3n) is 4.05. The van der Waals surface area contributed by atoms with Gasteiger partial charge in [-0.2, -0.15) is 0 Å². The molecule has 1 saturated heterocycles. The van der Waals surface area contributed by atoms with E-state index in [9.17, 15) is 19.8 Å². The summed E-state index contributed by atoms with van der Waals surface area (Å²) in [5, 5.41) is 19.2. The molecule has 3 atom stereocenters. The largest absolute Gasteiger partial charge is 0.481 e. The highest BCUT2D eigenvalue weighted by atomic mass is 16.4. The number of carbonyl (C=O) groups is 2. The number of β-amino-alcohol motifs (C(OH)–C–C–N with tert-alkyl or cyclic N) is 1. The molecule has 19 heavy (non-hydrogen) atoms. The third-order valence-corrected chi connectivity index (χ3v) is 4.05. The molecular formula is C14H21NO4. The Morgan fingerprint density at radius 2 is 1.89 bits per heavy atom. The van der Waals surface area contributed by atoms with E-state index >= 15 is 0 Å². The summed E-state index contributed by atoms with van der Waals surface area (Å²) in [7, 11) is 0. The minimum atomic E-state index is -0.911. The number of hydrogen-bond donors (Lipinski definition) is 2. The molecule has 0 spiro atoms. The van der Waals surface area contributed by atoms with Crippen molar-refractivity contribution in [3.8, 4) is 0 Å². The molecule has 1 aliphatic heterocycles. The number of piperidine rings is 1. The van der Waals surface area contributed by atoms with Crippen LogP contribution in [0.2, 0.25) is 0 Å². The van der Waals surface area contributed by atoms with Crippen LogP contribution in [0.1, 0.15) is 32.6 Å². The van der Waals surface area contributed by atoms with Gasteiger partial charge >= 0.3 is 5.97 Å². The molecule has 106 valence electrons. The predicted octanol–water partition coefficient (Wildman–Crippen LogP) is 1.03. The van der Waals surface area contributed by atoms with Crippen LogP contribution in [-0.4, -0.2) is 45.7 Å². The topological polar surface area (TPSA) is 77.8 Å². The Kier molecular flexibility index (Phi) is 3.94. The number of hydrogen-bond acceptors (Lipinski definition) is 3. The quantitative estimate of drug-likeness (QED) is 0.732. The van der Waals surface area contributed by atoms with Crippen molar-refractivity contribution in [3.05, 3.63) is 12.2 Å². The van der Waals surface area contributed by atoms with E-state index in [1.54, 1.807) is 11.8 Å². The summed E-state index contributed by atoms with van der Waals surface area (Å²) in [6.45, 7) is 2.64. The molecule has 0 bridgehead atoms. The molecular weight excluding hydrogens is 246 g/mol. The maximum absolute atomic E-state index is 12.5. The van der Waals surface area contributed by atoms with Crippen LogP contribution in [0.3, 0.4) is 0 Å². The molecule has 5 heteroatoms. The second-order valence-electron chi connectivity index (χ2n) is 5.85. The average Bonchev–Trinajstić information content (AvgIpc) is 2.36. The van der Waals surface area contributed by atoms with Gasteiger partial charge in [-0.3, -0.25) is 9.59 Å². The first-order chi connectivity index (χ1) is 8.91. The Morgan fingerprint density at radius 1 is 1.26 bits per heavy atom. The average molecular weight is 267 g/mol. The molecule has 1 aliphatic carbocycles. The van der Waals surface area contributed by atoms with Gasteiger partial charge in [-0.05, 0) is 32.6 Å². The number of aliphatic hydroxyl groups is 1. The molecule has 1 fully saturated rings. The first-order valence-electron chi connectivity index (χ1n) is 6.80. The molecule has 1 heterocycles. The van der Waals surface area contributed by atoms with E-state index in [0.29, 0.717) is 32.4 Å². The monoisotopic (exact) mass is 267 g/mol. The van der Waals surface area contributed by atoms with Gasteiger partial charge in [-0.25, -0.2) is 0 Å². The number of likely N-dealkylation sites (tertiary alicyclic amines) is 1. The van der Waals surface area contributed by atoms with Crippen molar-refractivity contribution in [2.24, 2.45) is 11.8 Å². The molecule has 0 aromatic rings. The Morgan fingerprint density at radius 3 is 2.47 bits per heavy atom. The lowest BCUT2D eigenvalue weighted by Crippen LogP contribution is -2.51. The number of carbonyl (C=O) groups excluding carboxylic acids is 1. The standard InChI is InChI=1S/C14H21NO4/c1-14(19)7-4-8-15(9-14)12(16)10-5-2-3-6-11(10)13(17)18/h2-3,10-11,19H,4-9H2,1H3,(H,17,18)/t10-,11+,14?/m1/s1. The summed E-state index contributed by atoms with van der Waals surface area (Å²) in [4.78, 5) is 25.3. The van der Waals surface area contributed by atoms with Gasteiger partial charge in [0, 0.05) is 13.1 Å². The fourth-order valence-electron chi connectivity index (χ4n) is 3.00. The van der Waals surface area contributed by atoms with Gasteiger partial charge in [0.1, 0.15) is 0 Å². The van der Waals surface area contributed by atoms with Crippen molar-refractivity contribution in [3.63, 3.8) is 0 Å². The van der Waals surface area contributed by atoms with Crippen molar-refractivity contribution in [1.29, 1.82) is 0 Å². The SMILES string of the molecule is CC1(O)CCCN(C(=O)[C@@H]2CC=CC[C@@H]2C(=O)O)C1. The maximum Gasteiger partial charge on any atom is 0.307 e. The molecule has 1 amide bonds. The second kappa shape index (κ2) is 5.33. The molecule has 2 rings (SSSR count). The number of allylic oxidation sites excluding steroid dienone is 2. The lowest BCUT2D eigenvalue weighted by atomic mass is 9.81. The zero-order chi connectivity index (χ0) is 14.0. The summed E-state index contributed by atoms with van der Waals surface area (Å²) in [6, 6.07) is 0. The van der Waals surface area contributed by atoms with Crippen LogP contribution in [0.15, 0.2) is 12.2 Å². The Labute approximate surface area is 112 Å².